The molecule has 0 saturated heterocycles. The van der Waals surface area contributed by atoms with E-state index in [2.05, 4.69) is 22.1 Å². The molecule has 0 aliphatic rings. The van der Waals surface area contributed by atoms with Crippen molar-refractivity contribution < 1.29 is 14.3 Å². The highest BCUT2D eigenvalue weighted by Gasteiger charge is 2.13. The molecule has 4 nitrogen and oxygen atoms in total. The van der Waals surface area contributed by atoms with Crippen LogP contribution in [0.25, 0.3) is 0 Å². The molecular formula is C15H13FN2O2S. The van der Waals surface area contributed by atoms with Crippen molar-refractivity contribution in [2.45, 2.75) is 13.3 Å². The van der Waals surface area contributed by atoms with E-state index in [1.807, 2.05) is 0 Å². The maximum Gasteiger partial charge on any atom is 0.260 e. The van der Waals surface area contributed by atoms with Crippen molar-refractivity contribution in [2.24, 2.45) is 0 Å². The molecule has 0 fully saturated rings. The number of anilines is 1. The first kappa shape index (κ1) is 15.2. The minimum absolute atomic E-state index is 0.00202. The molecule has 2 rings (SSSR count). The molecule has 0 aliphatic heterocycles. The van der Waals surface area contributed by atoms with Crippen molar-refractivity contribution in [3.8, 4) is 11.8 Å². The van der Waals surface area contributed by atoms with Gasteiger partial charge in [-0.15, -0.1) is 0 Å². The summed E-state index contributed by atoms with van der Waals surface area (Å²) in [6.45, 7) is 1.79. The van der Waals surface area contributed by atoms with Gasteiger partial charge in [0.2, 0.25) is 0 Å². The predicted octanol–water partition coefficient (Wildman–Crippen LogP) is 2.58. The lowest BCUT2D eigenvalue weighted by Crippen LogP contribution is -2.13. The Morgan fingerprint density at radius 1 is 1.52 bits per heavy atom. The van der Waals surface area contributed by atoms with Crippen molar-refractivity contribution in [3.63, 3.8) is 0 Å². The smallest absolute Gasteiger partial charge is 0.260 e. The number of thiazole rings is 1. The summed E-state index contributed by atoms with van der Waals surface area (Å²) >= 11 is 1.20. The standard InChI is InChI=1S/C15H13FN2O2S/c1-10-5-6-13(16)12(8-10)14(20)18-15-17-9-11(21-15)4-2-3-7-19/h5-6,8-9,19H,3,7H2,1H3,(H,17,18,20). The molecule has 0 atom stereocenters. The third kappa shape index (κ3) is 4.12. The fraction of sp³-hybridized carbons (Fsp3) is 0.200. The van der Waals surface area contributed by atoms with E-state index in [1.54, 1.807) is 13.0 Å². The zero-order valence-electron chi connectivity index (χ0n) is 11.3. The summed E-state index contributed by atoms with van der Waals surface area (Å²) in [5.41, 5.74) is 0.786. The zero-order chi connectivity index (χ0) is 15.2. The number of hydrogen-bond acceptors (Lipinski definition) is 4. The number of amides is 1. The van der Waals surface area contributed by atoms with Crippen molar-refractivity contribution in [2.75, 3.05) is 11.9 Å². The average molecular weight is 304 g/mol. The number of aromatic nitrogens is 1. The molecule has 6 heteroatoms. The largest absolute Gasteiger partial charge is 0.395 e. The Labute approximate surface area is 125 Å². The van der Waals surface area contributed by atoms with Gasteiger partial charge in [0.25, 0.3) is 5.91 Å². The first-order valence-corrected chi connectivity index (χ1v) is 7.05. The van der Waals surface area contributed by atoms with E-state index in [9.17, 15) is 9.18 Å². The molecule has 1 amide bonds. The van der Waals surface area contributed by atoms with Crippen LogP contribution in [0, 0.1) is 24.6 Å². The summed E-state index contributed by atoms with van der Waals surface area (Å²) in [6.07, 6.45) is 1.91. The number of halogens is 1. The average Bonchev–Trinajstić information content (AvgIpc) is 2.89. The van der Waals surface area contributed by atoms with E-state index in [0.29, 0.717) is 16.4 Å². The second-order valence-electron chi connectivity index (χ2n) is 4.24. The maximum atomic E-state index is 13.6. The van der Waals surface area contributed by atoms with Crippen LogP contribution in [0.15, 0.2) is 24.4 Å². The van der Waals surface area contributed by atoms with Gasteiger partial charge in [-0.2, -0.15) is 0 Å². The number of benzene rings is 1. The molecule has 2 N–H and O–H groups in total. The summed E-state index contributed by atoms with van der Waals surface area (Å²) in [5.74, 6) is 4.47. The summed E-state index contributed by atoms with van der Waals surface area (Å²) < 4.78 is 13.6. The number of aliphatic hydroxyl groups is 1. The van der Waals surface area contributed by atoms with E-state index in [0.717, 1.165) is 5.56 Å². The van der Waals surface area contributed by atoms with Crippen LogP contribution in [0.4, 0.5) is 9.52 Å². The van der Waals surface area contributed by atoms with E-state index in [4.69, 9.17) is 5.11 Å². The number of rotatable bonds is 3. The van der Waals surface area contributed by atoms with Gasteiger partial charge < -0.3 is 5.11 Å². The lowest BCUT2D eigenvalue weighted by atomic mass is 10.1. The van der Waals surface area contributed by atoms with Crippen LogP contribution < -0.4 is 5.32 Å². The number of nitrogens with zero attached hydrogens (tertiary/aromatic N) is 1. The van der Waals surface area contributed by atoms with Crippen LogP contribution in [-0.2, 0) is 0 Å². The van der Waals surface area contributed by atoms with Crippen LogP contribution in [0.1, 0.15) is 27.2 Å². The number of aryl methyl sites for hydroxylation is 1. The van der Waals surface area contributed by atoms with Crippen molar-refractivity contribution in [1.82, 2.24) is 4.98 Å². The molecule has 0 unspecified atom stereocenters. The van der Waals surface area contributed by atoms with Gasteiger partial charge in [-0.3, -0.25) is 10.1 Å². The number of nitrogens with one attached hydrogen (secondary N) is 1. The quantitative estimate of drug-likeness (QED) is 0.857. The molecule has 1 heterocycles. The van der Waals surface area contributed by atoms with E-state index < -0.39 is 11.7 Å². The Hall–Kier alpha value is -2.23. The topological polar surface area (TPSA) is 62.2 Å². The molecule has 0 radical (unpaired) electrons. The Kier molecular flexibility index (Phi) is 5.04. The van der Waals surface area contributed by atoms with Gasteiger partial charge in [0.05, 0.1) is 23.2 Å². The Bertz CT molecular complexity index is 716. The minimum atomic E-state index is -0.572. The Balaban J connectivity index is 2.10. The molecule has 108 valence electrons. The summed E-state index contributed by atoms with van der Waals surface area (Å²) in [7, 11) is 0. The SMILES string of the molecule is Cc1ccc(F)c(C(=O)Nc2ncc(C#CCCO)s2)c1. The molecule has 0 aliphatic carbocycles. The number of carbonyl (C=O) groups is 1. The van der Waals surface area contributed by atoms with Gasteiger partial charge in [-0.25, -0.2) is 9.37 Å². The maximum absolute atomic E-state index is 13.6. The third-order valence-corrected chi connectivity index (χ3v) is 3.37. The molecule has 21 heavy (non-hydrogen) atoms. The molecule has 2 aromatic rings. The van der Waals surface area contributed by atoms with Gasteiger partial charge in [-0.1, -0.05) is 34.8 Å². The lowest BCUT2D eigenvalue weighted by molar-refractivity contribution is 0.102. The fourth-order valence-electron chi connectivity index (χ4n) is 1.57. The van der Waals surface area contributed by atoms with Crippen LogP contribution >= 0.6 is 11.3 Å². The Morgan fingerprint density at radius 3 is 3.10 bits per heavy atom. The third-order valence-electron chi connectivity index (χ3n) is 2.54. The van der Waals surface area contributed by atoms with Crippen LogP contribution in [0.2, 0.25) is 0 Å². The highest BCUT2D eigenvalue weighted by atomic mass is 32.1. The zero-order valence-corrected chi connectivity index (χ0v) is 12.1. The summed E-state index contributed by atoms with van der Waals surface area (Å²) in [5, 5.41) is 11.5. The van der Waals surface area contributed by atoms with Gasteiger partial charge in [0.1, 0.15) is 5.82 Å². The van der Waals surface area contributed by atoms with Crippen molar-refractivity contribution in [1.29, 1.82) is 0 Å². The molecule has 0 saturated carbocycles. The van der Waals surface area contributed by atoms with Gasteiger partial charge >= 0.3 is 0 Å². The van der Waals surface area contributed by atoms with Crippen molar-refractivity contribution in [3.05, 3.63) is 46.2 Å². The normalized spacial score (nSPS) is 9.86. The molecule has 0 bridgehead atoms. The molecule has 1 aromatic heterocycles. The molecule has 1 aromatic carbocycles. The fourth-order valence-corrected chi connectivity index (χ4v) is 2.26. The number of hydrogen-bond donors (Lipinski definition) is 2. The lowest BCUT2D eigenvalue weighted by Gasteiger charge is -2.04. The first-order chi connectivity index (χ1) is 10.1. The highest BCUT2D eigenvalue weighted by molar-refractivity contribution is 7.16. The van der Waals surface area contributed by atoms with Crippen molar-refractivity contribution >= 4 is 22.4 Å². The summed E-state index contributed by atoms with van der Waals surface area (Å²) in [4.78, 5) is 16.7. The summed E-state index contributed by atoms with van der Waals surface area (Å²) in [6, 6.07) is 4.35. The minimum Gasteiger partial charge on any atom is -0.395 e. The molecule has 0 spiro atoms. The second-order valence-corrected chi connectivity index (χ2v) is 5.27. The van der Waals surface area contributed by atoms with Gasteiger partial charge in [0.15, 0.2) is 5.13 Å². The Morgan fingerprint density at radius 2 is 2.33 bits per heavy atom. The highest BCUT2D eigenvalue weighted by Crippen LogP contribution is 2.19. The van der Waals surface area contributed by atoms with E-state index in [1.165, 1.54) is 29.7 Å². The van der Waals surface area contributed by atoms with E-state index in [-0.39, 0.29) is 12.2 Å². The van der Waals surface area contributed by atoms with Crippen LogP contribution in [0.5, 0.6) is 0 Å². The van der Waals surface area contributed by atoms with Crippen LogP contribution in [-0.4, -0.2) is 22.6 Å². The van der Waals surface area contributed by atoms with E-state index >= 15 is 0 Å². The number of carbonyl (C=O) groups excluding carboxylic acids is 1. The predicted molar refractivity (Wildman–Crippen MR) is 79.8 cm³/mol. The van der Waals surface area contributed by atoms with Crippen LogP contribution in [0.3, 0.4) is 0 Å². The molecular weight excluding hydrogens is 291 g/mol. The first-order valence-electron chi connectivity index (χ1n) is 6.23. The van der Waals surface area contributed by atoms with Gasteiger partial charge in [0, 0.05) is 6.42 Å². The monoisotopic (exact) mass is 304 g/mol. The van der Waals surface area contributed by atoms with Gasteiger partial charge in [-0.05, 0) is 19.1 Å². The number of aliphatic hydroxyl groups excluding tert-OH is 1. The second kappa shape index (κ2) is 6.97.